The van der Waals surface area contributed by atoms with Crippen LogP contribution in [0.25, 0.3) is 10.2 Å². The topological polar surface area (TPSA) is 69.9 Å². The molecule has 2 aromatic carbocycles. The van der Waals surface area contributed by atoms with Gasteiger partial charge in [-0.1, -0.05) is 22.9 Å². The van der Waals surface area contributed by atoms with E-state index >= 15 is 0 Å². The molecule has 0 N–H and O–H groups in total. The number of ether oxygens (including phenoxy) is 2. The number of thiazole rings is 1. The monoisotopic (exact) mass is 426 g/mol. The first-order valence-electron chi connectivity index (χ1n) is 8.26. The van der Waals surface area contributed by atoms with Gasteiger partial charge < -0.3 is 14.0 Å². The smallest absolute Gasteiger partial charge is 0.285 e. The van der Waals surface area contributed by atoms with Gasteiger partial charge in [-0.05, 0) is 49.4 Å². The van der Waals surface area contributed by atoms with E-state index in [1.54, 1.807) is 24.3 Å². The van der Waals surface area contributed by atoms with Crippen LogP contribution in [0.1, 0.15) is 6.92 Å². The molecule has 3 rings (SSSR count). The molecule has 6 nitrogen and oxygen atoms in total. The van der Waals surface area contributed by atoms with Gasteiger partial charge in [0, 0.05) is 18.2 Å². The van der Waals surface area contributed by atoms with Crippen LogP contribution < -0.4 is 9.54 Å². The Kier molecular flexibility index (Phi) is 6.21. The third-order valence-corrected chi connectivity index (χ3v) is 6.54. The third-order valence-electron chi connectivity index (χ3n) is 3.86. The summed E-state index contributed by atoms with van der Waals surface area (Å²) in [6, 6.07) is 11.6. The molecule has 0 aliphatic carbocycles. The fraction of sp³-hybridized carbons (Fsp3) is 0.278. The van der Waals surface area contributed by atoms with Gasteiger partial charge in [0.2, 0.25) is 4.80 Å². The molecule has 0 spiro atoms. The largest absolute Gasteiger partial charge is 0.497 e. The van der Waals surface area contributed by atoms with Crippen molar-refractivity contribution in [2.24, 2.45) is 4.40 Å². The highest BCUT2D eigenvalue weighted by molar-refractivity contribution is 7.90. The molecule has 0 atom stereocenters. The zero-order valence-corrected chi connectivity index (χ0v) is 17.3. The number of aromatic nitrogens is 1. The highest BCUT2D eigenvalue weighted by Gasteiger charge is 2.15. The van der Waals surface area contributed by atoms with E-state index in [-0.39, 0.29) is 4.90 Å². The van der Waals surface area contributed by atoms with Crippen molar-refractivity contribution in [2.75, 3.05) is 20.3 Å². The fourth-order valence-corrected chi connectivity index (χ4v) is 5.07. The Morgan fingerprint density at radius 1 is 1.19 bits per heavy atom. The van der Waals surface area contributed by atoms with Crippen LogP contribution >= 0.6 is 22.9 Å². The van der Waals surface area contributed by atoms with E-state index in [1.165, 1.54) is 30.6 Å². The summed E-state index contributed by atoms with van der Waals surface area (Å²) in [7, 11) is -2.34. The van der Waals surface area contributed by atoms with E-state index in [0.29, 0.717) is 35.3 Å². The molecule has 3 aromatic rings. The lowest BCUT2D eigenvalue weighted by atomic mass is 10.3. The average Bonchev–Trinajstić information content (AvgIpc) is 2.97. The van der Waals surface area contributed by atoms with Gasteiger partial charge >= 0.3 is 0 Å². The van der Waals surface area contributed by atoms with E-state index in [0.717, 1.165) is 10.2 Å². The van der Waals surface area contributed by atoms with Gasteiger partial charge in [0.1, 0.15) is 5.75 Å². The van der Waals surface area contributed by atoms with Gasteiger partial charge in [0.05, 0.1) is 28.8 Å². The number of fused-ring (bicyclic) bond motifs is 1. The van der Waals surface area contributed by atoms with Crippen LogP contribution in [-0.2, 0) is 21.3 Å². The van der Waals surface area contributed by atoms with Crippen molar-refractivity contribution >= 4 is 43.2 Å². The molecular weight excluding hydrogens is 408 g/mol. The maximum Gasteiger partial charge on any atom is 0.285 e. The van der Waals surface area contributed by atoms with Crippen molar-refractivity contribution < 1.29 is 17.9 Å². The van der Waals surface area contributed by atoms with E-state index < -0.39 is 10.0 Å². The number of methoxy groups -OCH3 is 1. The average molecular weight is 427 g/mol. The summed E-state index contributed by atoms with van der Waals surface area (Å²) < 4.78 is 42.8. The molecule has 0 fully saturated rings. The van der Waals surface area contributed by atoms with Gasteiger partial charge in [0.15, 0.2) is 0 Å². The van der Waals surface area contributed by atoms with Gasteiger partial charge in [-0.25, -0.2) is 0 Å². The zero-order chi connectivity index (χ0) is 19.4. The highest BCUT2D eigenvalue weighted by atomic mass is 35.5. The summed E-state index contributed by atoms with van der Waals surface area (Å²) in [6.45, 7) is 3.45. The van der Waals surface area contributed by atoms with Crippen LogP contribution in [0.2, 0.25) is 5.02 Å². The minimum Gasteiger partial charge on any atom is -0.497 e. The van der Waals surface area contributed by atoms with Crippen LogP contribution in [-0.4, -0.2) is 33.3 Å². The van der Waals surface area contributed by atoms with E-state index in [1.807, 2.05) is 17.6 Å². The SMILES string of the molecule is CCOCCn1/c(=N/S(=O)(=O)c2ccc(OC)cc2)sc2cc(Cl)ccc21. The Bertz CT molecular complexity index is 1100. The number of halogens is 1. The second-order valence-corrected chi connectivity index (χ2v) is 8.64. The molecule has 0 bridgehead atoms. The molecule has 0 saturated heterocycles. The van der Waals surface area contributed by atoms with Gasteiger partial charge in [0.25, 0.3) is 10.0 Å². The van der Waals surface area contributed by atoms with Crippen molar-refractivity contribution in [1.82, 2.24) is 4.57 Å². The van der Waals surface area contributed by atoms with Gasteiger partial charge in [-0.15, -0.1) is 4.40 Å². The third kappa shape index (κ3) is 4.52. The first kappa shape index (κ1) is 19.9. The first-order chi connectivity index (χ1) is 12.9. The number of nitrogens with zero attached hydrogens (tertiary/aromatic N) is 2. The zero-order valence-electron chi connectivity index (χ0n) is 14.9. The number of hydrogen-bond acceptors (Lipinski definition) is 5. The molecule has 1 heterocycles. The summed E-state index contributed by atoms with van der Waals surface area (Å²) in [5.74, 6) is 0.581. The predicted octanol–water partition coefficient (Wildman–Crippen LogP) is 3.69. The van der Waals surface area contributed by atoms with E-state index in [2.05, 4.69) is 4.40 Å². The van der Waals surface area contributed by atoms with Crippen LogP contribution in [0, 0.1) is 0 Å². The second kappa shape index (κ2) is 8.43. The molecular formula is C18H19ClN2O4S2. The summed E-state index contributed by atoms with van der Waals surface area (Å²) in [6.07, 6.45) is 0. The Balaban J connectivity index is 2.11. The molecule has 0 saturated carbocycles. The molecule has 144 valence electrons. The van der Waals surface area contributed by atoms with Gasteiger partial charge in [-0.3, -0.25) is 0 Å². The second-order valence-electron chi connectivity index (χ2n) is 5.59. The maximum atomic E-state index is 12.8. The Morgan fingerprint density at radius 3 is 2.59 bits per heavy atom. The van der Waals surface area contributed by atoms with E-state index in [9.17, 15) is 8.42 Å². The van der Waals surface area contributed by atoms with Gasteiger partial charge in [-0.2, -0.15) is 8.42 Å². The lowest BCUT2D eigenvalue weighted by molar-refractivity contribution is 0.139. The minimum absolute atomic E-state index is 0.107. The summed E-state index contributed by atoms with van der Waals surface area (Å²) >= 11 is 7.35. The summed E-state index contributed by atoms with van der Waals surface area (Å²) in [4.78, 5) is 0.484. The summed E-state index contributed by atoms with van der Waals surface area (Å²) in [5.41, 5.74) is 0.868. The number of benzene rings is 2. The molecule has 0 amide bonds. The molecule has 1 aromatic heterocycles. The molecule has 0 radical (unpaired) electrons. The first-order valence-corrected chi connectivity index (χ1v) is 10.9. The maximum absolute atomic E-state index is 12.8. The molecule has 0 unspecified atom stereocenters. The molecule has 0 aliphatic rings. The fourth-order valence-electron chi connectivity index (χ4n) is 2.54. The Labute approximate surface area is 166 Å². The van der Waals surface area contributed by atoms with E-state index in [4.69, 9.17) is 21.1 Å². The molecule has 0 aliphatic heterocycles. The predicted molar refractivity (Wildman–Crippen MR) is 107 cm³/mol. The standard InChI is InChI=1S/C18H19ClN2O4S2/c1-3-25-11-10-21-16-9-4-13(19)12-17(16)26-18(21)20-27(22,23)15-7-5-14(24-2)6-8-15/h4-9,12H,3,10-11H2,1-2H3/b20-18-. The molecule has 9 heteroatoms. The Hall–Kier alpha value is -1.87. The Morgan fingerprint density at radius 2 is 1.93 bits per heavy atom. The van der Waals surface area contributed by atoms with Crippen LogP contribution in [0.5, 0.6) is 5.75 Å². The van der Waals surface area contributed by atoms with Crippen LogP contribution in [0.15, 0.2) is 51.8 Å². The van der Waals surface area contributed by atoms with Crippen LogP contribution in [0.4, 0.5) is 0 Å². The van der Waals surface area contributed by atoms with Crippen molar-refractivity contribution in [3.63, 3.8) is 0 Å². The lowest BCUT2D eigenvalue weighted by Gasteiger charge is -2.06. The van der Waals surface area contributed by atoms with Crippen molar-refractivity contribution in [3.8, 4) is 5.75 Å². The van der Waals surface area contributed by atoms with Crippen molar-refractivity contribution in [1.29, 1.82) is 0 Å². The van der Waals surface area contributed by atoms with Crippen molar-refractivity contribution in [2.45, 2.75) is 18.4 Å². The minimum atomic E-state index is -3.86. The quantitative estimate of drug-likeness (QED) is 0.540. The van der Waals surface area contributed by atoms with Crippen LogP contribution in [0.3, 0.4) is 0 Å². The number of hydrogen-bond donors (Lipinski definition) is 0. The molecule has 27 heavy (non-hydrogen) atoms. The number of rotatable bonds is 7. The normalized spacial score (nSPS) is 12.6. The summed E-state index contributed by atoms with van der Waals surface area (Å²) in [5, 5.41) is 0.588. The highest BCUT2D eigenvalue weighted by Crippen LogP contribution is 2.23. The lowest BCUT2D eigenvalue weighted by Crippen LogP contribution is -2.19. The number of sulfonamides is 1. The van der Waals surface area contributed by atoms with Crippen molar-refractivity contribution in [3.05, 3.63) is 52.3 Å².